The lowest BCUT2D eigenvalue weighted by molar-refractivity contribution is -0.139. The number of hydrogen-bond acceptors (Lipinski definition) is 7. The summed E-state index contributed by atoms with van der Waals surface area (Å²) < 4.78 is 19.6. The lowest BCUT2D eigenvalue weighted by Crippen LogP contribution is -2.39. The molecule has 1 aliphatic heterocycles. The van der Waals surface area contributed by atoms with Crippen LogP contribution in [-0.4, -0.2) is 24.3 Å². The molecule has 0 aliphatic carbocycles. The predicted octanol–water partition coefficient (Wildman–Crippen LogP) is 4.83. The Labute approximate surface area is 225 Å². The van der Waals surface area contributed by atoms with Crippen molar-refractivity contribution < 1.29 is 18.7 Å². The molecule has 0 amide bonds. The summed E-state index contributed by atoms with van der Waals surface area (Å²) in [7, 11) is 1.59. The number of esters is 1. The van der Waals surface area contributed by atoms with Crippen LogP contribution in [-0.2, 0) is 9.53 Å². The Morgan fingerprint density at radius 2 is 1.86 bits per heavy atom. The van der Waals surface area contributed by atoms with Gasteiger partial charge in [0.1, 0.15) is 17.3 Å². The van der Waals surface area contributed by atoms with E-state index in [1.54, 1.807) is 43.7 Å². The third-order valence-corrected chi connectivity index (χ3v) is 7.49. The van der Waals surface area contributed by atoms with Gasteiger partial charge in [-0.25, -0.2) is 9.79 Å². The zero-order chi connectivity index (χ0) is 26.1. The average Bonchev–Trinajstić information content (AvgIpc) is 3.48. The second kappa shape index (κ2) is 10.4. The Morgan fingerprint density at radius 3 is 2.54 bits per heavy atom. The molecule has 7 nitrogen and oxygen atoms in total. The lowest BCUT2D eigenvalue weighted by atomic mass is 9.96. The van der Waals surface area contributed by atoms with Crippen molar-refractivity contribution in [2.24, 2.45) is 4.99 Å². The van der Waals surface area contributed by atoms with E-state index in [1.807, 2.05) is 48.5 Å². The molecule has 0 saturated carbocycles. The molecule has 0 bridgehead atoms. The number of thiazole rings is 1. The van der Waals surface area contributed by atoms with Gasteiger partial charge < -0.3 is 13.9 Å². The van der Waals surface area contributed by atoms with Gasteiger partial charge in [-0.05, 0) is 55.8 Å². The van der Waals surface area contributed by atoms with Crippen LogP contribution in [0, 0.1) is 0 Å². The van der Waals surface area contributed by atoms with Crippen molar-refractivity contribution in [3.8, 4) is 17.1 Å². The van der Waals surface area contributed by atoms with E-state index in [0.717, 1.165) is 15.6 Å². The summed E-state index contributed by atoms with van der Waals surface area (Å²) in [6.07, 6.45) is 1.71. The maximum absolute atomic E-state index is 13.7. The first-order chi connectivity index (χ1) is 17.9. The Balaban J connectivity index is 1.62. The topological polar surface area (TPSA) is 83.0 Å². The molecule has 1 atom stereocenters. The molecule has 0 N–H and O–H groups in total. The largest absolute Gasteiger partial charge is 0.497 e. The van der Waals surface area contributed by atoms with Crippen molar-refractivity contribution in [3.05, 3.63) is 107 Å². The minimum atomic E-state index is -0.682. The molecule has 0 saturated heterocycles. The highest BCUT2D eigenvalue weighted by Gasteiger charge is 2.33. The summed E-state index contributed by atoms with van der Waals surface area (Å²) in [5.41, 5.74) is 2.27. The Hall–Kier alpha value is -3.69. The highest BCUT2D eigenvalue weighted by atomic mass is 79.9. The first kappa shape index (κ1) is 25.0. The van der Waals surface area contributed by atoms with E-state index in [0.29, 0.717) is 37.9 Å². The number of hydrogen-bond donors (Lipinski definition) is 0. The standard InChI is InChI=1S/C28H23BrN2O5S/c1-4-35-27(33)24-16(2)30-28-31(25(24)18-7-11-20(34-3)12-8-18)26(32)23(37-28)15-21-13-14-22(36-21)17-5-9-19(29)10-6-17/h5-15,25H,4H2,1-3H3/b23-15+. The summed E-state index contributed by atoms with van der Waals surface area (Å²) in [6.45, 7) is 3.72. The van der Waals surface area contributed by atoms with E-state index >= 15 is 0 Å². The second-order valence-electron chi connectivity index (χ2n) is 8.28. The van der Waals surface area contributed by atoms with Crippen molar-refractivity contribution in [1.29, 1.82) is 0 Å². The molecule has 0 fully saturated rings. The van der Waals surface area contributed by atoms with Crippen LogP contribution in [0.5, 0.6) is 5.75 Å². The fraction of sp³-hybridized carbons (Fsp3) is 0.179. The fourth-order valence-electron chi connectivity index (χ4n) is 4.22. The number of rotatable bonds is 6. The average molecular weight is 579 g/mol. The van der Waals surface area contributed by atoms with Crippen LogP contribution in [0.4, 0.5) is 0 Å². The molecule has 1 aliphatic rings. The molecule has 4 aromatic rings. The number of furan rings is 1. The number of aromatic nitrogens is 1. The smallest absolute Gasteiger partial charge is 0.338 e. The molecular weight excluding hydrogens is 556 g/mol. The third-order valence-electron chi connectivity index (χ3n) is 5.98. The molecule has 9 heteroatoms. The van der Waals surface area contributed by atoms with Crippen LogP contribution in [0.1, 0.15) is 31.2 Å². The molecule has 188 valence electrons. The van der Waals surface area contributed by atoms with E-state index in [4.69, 9.17) is 13.9 Å². The summed E-state index contributed by atoms with van der Waals surface area (Å²) in [6, 6.07) is 18.1. The number of carbonyl (C=O) groups is 1. The van der Waals surface area contributed by atoms with Crippen LogP contribution >= 0.6 is 27.3 Å². The second-order valence-corrected chi connectivity index (χ2v) is 10.2. The van der Waals surface area contributed by atoms with E-state index in [1.165, 1.54) is 11.3 Å². The highest BCUT2D eigenvalue weighted by Crippen LogP contribution is 2.31. The molecule has 3 heterocycles. The SMILES string of the molecule is CCOC(=O)C1=C(C)N=c2s/c(=C/c3ccc(-c4ccc(Br)cc4)o3)c(=O)n2C1c1ccc(OC)cc1. The number of carbonyl (C=O) groups excluding carboxylic acids is 1. The van der Waals surface area contributed by atoms with E-state index in [9.17, 15) is 9.59 Å². The van der Waals surface area contributed by atoms with Gasteiger partial charge in [-0.15, -0.1) is 0 Å². The van der Waals surface area contributed by atoms with Crippen LogP contribution in [0.2, 0.25) is 0 Å². The number of halogens is 1. The van der Waals surface area contributed by atoms with Gasteiger partial charge in [0.2, 0.25) is 0 Å². The van der Waals surface area contributed by atoms with Crippen LogP contribution in [0.15, 0.2) is 90.6 Å². The summed E-state index contributed by atoms with van der Waals surface area (Å²) in [4.78, 5) is 31.8. The van der Waals surface area contributed by atoms with Gasteiger partial charge in [0.15, 0.2) is 4.80 Å². The minimum Gasteiger partial charge on any atom is -0.497 e. The molecule has 5 rings (SSSR count). The van der Waals surface area contributed by atoms with E-state index in [2.05, 4.69) is 20.9 Å². The number of nitrogens with zero attached hydrogens (tertiary/aromatic N) is 2. The first-order valence-electron chi connectivity index (χ1n) is 11.6. The van der Waals surface area contributed by atoms with Gasteiger partial charge in [0, 0.05) is 16.1 Å². The number of fused-ring (bicyclic) bond motifs is 1. The number of methoxy groups -OCH3 is 1. The quantitative estimate of drug-likeness (QED) is 0.306. The van der Waals surface area contributed by atoms with Crippen molar-refractivity contribution in [2.75, 3.05) is 13.7 Å². The van der Waals surface area contributed by atoms with Gasteiger partial charge in [-0.3, -0.25) is 9.36 Å². The normalized spacial score (nSPS) is 15.4. The summed E-state index contributed by atoms with van der Waals surface area (Å²) in [5.74, 6) is 1.42. The summed E-state index contributed by atoms with van der Waals surface area (Å²) in [5, 5.41) is 0. The van der Waals surface area contributed by atoms with Crippen LogP contribution in [0.25, 0.3) is 17.4 Å². The predicted molar refractivity (Wildman–Crippen MR) is 145 cm³/mol. The number of allylic oxidation sites excluding steroid dienone is 1. The fourth-order valence-corrected chi connectivity index (χ4v) is 5.51. The van der Waals surface area contributed by atoms with Crippen molar-refractivity contribution >= 4 is 39.3 Å². The Bertz CT molecular complexity index is 1680. The molecular formula is C28H23BrN2O5S. The van der Waals surface area contributed by atoms with Crippen molar-refractivity contribution in [3.63, 3.8) is 0 Å². The Kier molecular flexibility index (Phi) is 6.99. The molecule has 1 unspecified atom stereocenters. The number of ether oxygens (including phenoxy) is 2. The van der Waals surface area contributed by atoms with Gasteiger partial charge in [0.05, 0.1) is 35.6 Å². The first-order valence-corrected chi connectivity index (χ1v) is 13.2. The minimum absolute atomic E-state index is 0.217. The maximum atomic E-state index is 13.7. The lowest BCUT2D eigenvalue weighted by Gasteiger charge is -2.24. The highest BCUT2D eigenvalue weighted by molar-refractivity contribution is 9.10. The van der Waals surface area contributed by atoms with Crippen molar-refractivity contribution in [2.45, 2.75) is 19.9 Å². The Morgan fingerprint density at radius 1 is 1.14 bits per heavy atom. The molecule has 37 heavy (non-hydrogen) atoms. The van der Waals surface area contributed by atoms with Crippen LogP contribution in [0.3, 0.4) is 0 Å². The number of benzene rings is 2. The molecule has 0 radical (unpaired) electrons. The third kappa shape index (κ3) is 4.84. The molecule has 2 aromatic carbocycles. The zero-order valence-electron chi connectivity index (χ0n) is 20.4. The van der Waals surface area contributed by atoms with Crippen LogP contribution < -0.4 is 19.6 Å². The van der Waals surface area contributed by atoms with Gasteiger partial charge in [0.25, 0.3) is 5.56 Å². The van der Waals surface area contributed by atoms with E-state index < -0.39 is 12.0 Å². The molecule has 2 aromatic heterocycles. The summed E-state index contributed by atoms with van der Waals surface area (Å²) >= 11 is 4.69. The monoisotopic (exact) mass is 578 g/mol. The van der Waals surface area contributed by atoms with Gasteiger partial charge in [-0.1, -0.05) is 51.5 Å². The molecule has 0 spiro atoms. The van der Waals surface area contributed by atoms with Gasteiger partial charge in [-0.2, -0.15) is 0 Å². The van der Waals surface area contributed by atoms with Gasteiger partial charge >= 0.3 is 5.97 Å². The zero-order valence-corrected chi connectivity index (χ0v) is 22.8. The van der Waals surface area contributed by atoms with E-state index in [-0.39, 0.29) is 12.2 Å². The van der Waals surface area contributed by atoms with Crippen molar-refractivity contribution in [1.82, 2.24) is 4.57 Å². The maximum Gasteiger partial charge on any atom is 0.338 e.